The van der Waals surface area contributed by atoms with Gasteiger partial charge in [-0.1, -0.05) is 86.2 Å². The highest BCUT2D eigenvalue weighted by molar-refractivity contribution is 6.67. The fourth-order valence-electron chi connectivity index (χ4n) is 5.43. The van der Waals surface area contributed by atoms with E-state index in [1.54, 1.807) is 0 Å². The highest BCUT2D eigenvalue weighted by atomic mass is 35.6. The largest absolute Gasteiger partial charge is 0.481 e. The molecule has 59 heavy (non-hydrogen) atoms. The van der Waals surface area contributed by atoms with E-state index in [1.807, 2.05) is 0 Å². The molecule has 21 heteroatoms. The number of nitrogens with one attached hydrogen (secondary N) is 4. The van der Waals surface area contributed by atoms with Crippen LogP contribution in [0.15, 0.2) is 0 Å². The van der Waals surface area contributed by atoms with E-state index in [0.29, 0.717) is 51.7 Å². The SMILES string of the molecule is NC(=O)CCOCC(COCCC(N)=O)(COCC(=O)NCCCCCCC(=O)NCCCCCCCC(=O)O)NC(=O)CCCCCCCNC(=O)OCC(Cl)(Cl)Cl. The molecule has 0 saturated heterocycles. The number of alkyl halides is 3. The first-order chi connectivity index (χ1) is 28.0. The topological polar surface area (TPSA) is 277 Å². The summed E-state index contributed by atoms with van der Waals surface area (Å²) in [5.74, 6) is -2.61. The lowest BCUT2D eigenvalue weighted by atomic mass is 10.0. The molecule has 0 aliphatic carbocycles. The van der Waals surface area contributed by atoms with Gasteiger partial charge in [0.2, 0.25) is 33.3 Å². The molecule has 0 aliphatic heterocycles. The molecule has 0 heterocycles. The average Bonchev–Trinajstić information content (AvgIpc) is 3.15. The molecule has 0 fully saturated rings. The standard InChI is InChI=1S/C38H67Cl3N6O12/c39-38(40,41)29-59-36(55)46-22-14-7-1-3-10-16-33(51)47-37(26-56-23-18-30(42)48,27-57-24-19-31(43)49)28-58-25-34(52)45-21-13-8-5-9-15-32(50)44-20-12-6-2-4-11-17-35(53)54/h1-29H2,(H2,42,48)(H2,43,49)(H,44,50)(H,45,52)(H,46,55)(H,47,51)(H,53,54). The molecule has 0 bridgehead atoms. The molecule has 0 radical (unpaired) electrons. The Morgan fingerprint density at radius 1 is 0.492 bits per heavy atom. The van der Waals surface area contributed by atoms with E-state index in [4.69, 9.17) is 70.3 Å². The van der Waals surface area contributed by atoms with Crippen LogP contribution >= 0.6 is 34.8 Å². The number of aliphatic carboxylic acids is 1. The molecule has 0 rings (SSSR count). The second kappa shape index (κ2) is 35.6. The summed E-state index contributed by atoms with van der Waals surface area (Å²) >= 11 is 16.7. The summed E-state index contributed by atoms with van der Waals surface area (Å²) in [6.07, 6.45) is 10.9. The Morgan fingerprint density at radius 3 is 1.41 bits per heavy atom. The Bertz CT molecular complexity index is 1210. The molecule has 342 valence electrons. The van der Waals surface area contributed by atoms with Crippen LogP contribution in [0.25, 0.3) is 0 Å². The van der Waals surface area contributed by atoms with Crippen LogP contribution in [0.1, 0.15) is 122 Å². The average molecular weight is 906 g/mol. The zero-order chi connectivity index (χ0) is 44.2. The number of nitrogens with two attached hydrogens (primary N) is 2. The zero-order valence-corrected chi connectivity index (χ0v) is 36.5. The minimum atomic E-state index is -1.69. The Balaban J connectivity index is 4.73. The molecule has 0 aromatic heterocycles. The van der Waals surface area contributed by atoms with Gasteiger partial charge in [0.1, 0.15) is 18.8 Å². The van der Waals surface area contributed by atoms with Crippen LogP contribution < -0.4 is 32.7 Å². The fraction of sp³-hybridized carbons (Fsp3) is 0.816. The van der Waals surface area contributed by atoms with Gasteiger partial charge in [-0.3, -0.25) is 28.8 Å². The van der Waals surface area contributed by atoms with Crippen LogP contribution in [0.5, 0.6) is 0 Å². The number of carbonyl (C=O) groups is 7. The van der Waals surface area contributed by atoms with Gasteiger partial charge in [0.15, 0.2) is 0 Å². The van der Waals surface area contributed by atoms with E-state index < -0.39 is 33.2 Å². The molecule has 6 amide bonds. The number of halogens is 3. The van der Waals surface area contributed by atoms with Crippen molar-refractivity contribution in [2.75, 3.05) is 65.9 Å². The van der Waals surface area contributed by atoms with Crippen molar-refractivity contribution < 1.29 is 57.6 Å². The number of carboxylic acid groups (broad SMARTS) is 1. The highest BCUT2D eigenvalue weighted by Gasteiger charge is 2.34. The third-order valence-electron chi connectivity index (χ3n) is 8.52. The Hall–Kier alpha value is -3.16. The third-order valence-corrected chi connectivity index (χ3v) is 8.84. The lowest BCUT2D eigenvalue weighted by Gasteiger charge is -2.34. The lowest BCUT2D eigenvalue weighted by molar-refractivity contribution is -0.137. The molecular weight excluding hydrogens is 839 g/mol. The van der Waals surface area contributed by atoms with Gasteiger partial charge in [-0.15, -0.1) is 0 Å². The maximum Gasteiger partial charge on any atom is 0.407 e. The number of carboxylic acids is 1. The predicted octanol–water partition coefficient (Wildman–Crippen LogP) is 3.69. The molecule has 0 atom stereocenters. The second-order valence-corrected chi connectivity index (χ2v) is 16.8. The zero-order valence-electron chi connectivity index (χ0n) is 34.2. The van der Waals surface area contributed by atoms with Gasteiger partial charge >= 0.3 is 12.1 Å². The van der Waals surface area contributed by atoms with Gasteiger partial charge in [-0.2, -0.15) is 0 Å². The van der Waals surface area contributed by atoms with Crippen molar-refractivity contribution in [3.05, 3.63) is 0 Å². The first-order valence-corrected chi connectivity index (χ1v) is 21.5. The van der Waals surface area contributed by atoms with Crippen molar-refractivity contribution in [3.63, 3.8) is 0 Å². The van der Waals surface area contributed by atoms with E-state index in [0.717, 1.165) is 64.2 Å². The van der Waals surface area contributed by atoms with Crippen molar-refractivity contribution in [3.8, 4) is 0 Å². The van der Waals surface area contributed by atoms with Crippen molar-refractivity contribution in [1.29, 1.82) is 0 Å². The summed E-state index contributed by atoms with van der Waals surface area (Å²) in [6, 6.07) is 0. The van der Waals surface area contributed by atoms with Gasteiger partial charge in [0.25, 0.3) is 0 Å². The summed E-state index contributed by atoms with van der Waals surface area (Å²) in [5, 5.41) is 19.9. The minimum Gasteiger partial charge on any atom is -0.481 e. The fourth-order valence-corrected chi connectivity index (χ4v) is 5.60. The van der Waals surface area contributed by atoms with Gasteiger partial charge < -0.3 is 56.8 Å². The summed E-state index contributed by atoms with van der Waals surface area (Å²) in [6.45, 7) is 0.169. The Labute approximate surface area is 362 Å². The van der Waals surface area contributed by atoms with E-state index in [1.165, 1.54) is 0 Å². The van der Waals surface area contributed by atoms with E-state index in [2.05, 4.69) is 21.3 Å². The molecular formula is C38H67Cl3N6O12. The maximum absolute atomic E-state index is 13.2. The summed E-state index contributed by atoms with van der Waals surface area (Å²) in [7, 11) is 0. The smallest absolute Gasteiger partial charge is 0.407 e. The number of carbonyl (C=O) groups excluding carboxylic acids is 6. The molecule has 0 unspecified atom stereocenters. The molecule has 18 nitrogen and oxygen atoms in total. The minimum absolute atomic E-state index is 0.00455. The van der Waals surface area contributed by atoms with Gasteiger partial charge in [-0.25, -0.2) is 4.79 Å². The molecule has 0 saturated carbocycles. The predicted molar refractivity (Wildman–Crippen MR) is 223 cm³/mol. The number of alkyl carbamates (subject to hydrolysis) is 1. The van der Waals surface area contributed by atoms with E-state index in [9.17, 15) is 33.6 Å². The number of unbranched alkanes of at least 4 members (excludes halogenated alkanes) is 11. The first kappa shape index (κ1) is 55.8. The van der Waals surface area contributed by atoms with Crippen LogP contribution in [0.3, 0.4) is 0 Å². The van der Waals surface area contributed by atoms with Crippen LogP contribution in [0, 0.1) is 0 Å². The van der Waals surface area contributed by atoms with Gasteiger partial charge in [0, 0.05) is 51.7 Å². The first-order valence-electron chi connectivity index (χ1n) is 20.4. The van der Waals surface area contributed by atoms with Crippen LogP contribution in [-0.4, -0.2) is 122 Å². The monoisotopic (exact) mass is 904 g/mol. The van der Waals surface area contributed by atoms with Crippen molar-refractivity contribution in [2.24, 2.45) is 11.5 Å². The number of hydrogen-bond acceptors (Lipinski definition) is 11. The highest BCUT2D eigenvalue weighted by Crippen LogP contribution is 2.25. The molecule has 9 N–H and O–H groups in total. The molecule has 0 spiro atoms. The van der Waals surface area contributed by atoms with E-state index >= 15 is 0 Å². The van der Waals surface area contributed by atoms with Crippen molar-refractivity contribution in [2.45, 2.75) is 131 Å². The lowest BCUT2D eigenvalue weighted by Crippen LogP contribution is -2.59. The van der Waals surface area contributed by atoms with Crippen molar-refractivity contribution in [1.82, 2.24) is 21.3 Å². The van der Waals surface area contributed by atoms with Gasteiger partial charge in [-0.05, 0) is 38.5 Å². The maximum atomic E-state index is 13.2. The molecule has 0 aliphatic rings. The molecule has 0 aromatic rings. The van der Waals surface area contributed by atoms with Gasteiger partial charge in [0.05, 0.1) is 33.0 Å². The number of hydrogen-bond donors (Lipinski definition) is 7. The quantitative estimate of drug-likeness (QED) is 0.0344. The van der Waals surface area contributed by atoms with Crippen molar-refractivity contribution >= 4 is 76.4 Å². The number of rotatable bonds is 39. The third kappa shape index (κ3) is 38.8. The van der Waals surface area contributed by atoms with Crippen LogP contribution in [0.4, 0.5) is 4.79 Å². The van der Waals surface area contributed by atoms with E-state index in [-0.39, 0.29) is 89.7 Å². The Morgan fingerprint density at radius 2 is 0.915 bits per heavy atom. The summed E-state index contributed by atoms with van der Waals surface area (Å²) in [4.78, 5) is 82.6. The summed E-state index contributed by atoms with van der Waals surface area (Å²) in [5.41, 5.74) is 9.21. The number of amides is 6. The number of primary amides is 2. The number of ether oxygens (including phenoxy) is 4. The van der Waals surface area contributed by atoms with Crippen LogP contribution in [-0.2, 0) is 47.7 Å². The molecule has 0 aromatic carbocycles. The Kier molecular flexibility index (Phi) is 33.7. The van der Waals surface area contributed by atoms with Crippen LogP contribution in [0.2, 0.25) is 0 Å². The summed E-state index contributed by atoms with van der Waals surface area (Å²) < 4.78 is 20.2. The second-order valence-electron chi connectivity index (χ2n) is 14.3. The normalized spacial score (nSPS) is 11.4.